The monoisotopic (exact) mass is 269 g/mol. The summed E-state index contributed by atoms with van der Waals surface area (Å²) in [6, 6.07) is 6.15. The summed E-state index contributed by atoms with van der Waals surface area (Å²) in [7, 11) is 0. The van der Waals surface area contributed by atoms with Gasteiger partial charge in [-0.25, -0.2) is 10.2 Å². The average Bonchev–Trinajstić information content (AvgIpc) is 2.29. The Morgan fingerprint density at radius 2 is 1.78 bits per heavy atom. The van der Waals surface area contributed by atoms with Crippen molar-refractivity contribution in [2.75, 3.05) is 5.32 Å². The molecule has 0 aliphatic rings. The molecule has 6 heteroatoms. The molecular weight excluding hydrogens is 254 g/mol. The van der Waals surface area contributed by atoms with Gasteiger partial charge in [-0.2, -0.15) is 0 Å². The minimum atomic E-state index is -0.505. The molecule has 1 rings (SSSR count). The van der Waals surface area contributed by atoms with Crippen LogP contribution in [0, 0.1) is 5.92 Å². The zero-order valence-electron chi connectivity index (χ0n) is 10.3. The molecule has 1 aromatic rings. The Balaban J connectivity index is 2.34. The van der Waals surface area contributed by atoms with Gasteiger partial charge in [-0.05, 0) is 30.2 Å². The lowest BCUT2D eigenvalue weighted by Crippen LogP contribution is -2.44. The molecule has 0 aliphatic heterocycles. The van der Waals surface area contributed by atoms with Crippen LogP contribution in [0.15, 0.2) is 24.3 Å². The number of halogens is 1. The number of urea groups is 1. The molecule has 18 heavy (non-hydrogen) atoms. The Morgan fingerprint density at radius 1 is 1.17 bits per heavy atom. The highest BCUT2D eigenvalue weighted by molar-refractivity contribution is 6.30. The van der Waals surface area contributed by atoms with Gasteiger partial charge in [-0.3, -0.25) is 10.2 Å². The minimum absolute atomic E-state index is 0.226. The van der Waals surface area contributed by atoms with E-state index in [9.17, 15) is 9.59 Å². The van der Waals surface area contributed by atoms with Gasteiger partial charge in [0.2, 0.25) is 5.91 Å². The maximum Gasteiger partial charge on any atom is 0.337 e. The Bertz CT molecular complexity index is 418. The molecule has 0 saturated heterocycles. The van der Waals surface area contributed by atoms with E-state index in [4.69, 9.17) is 11.6 Å². The summed E-state index contributed by atoms with van der Waals surface area (Å²) in [6.45, 7) is 3.85. The fourth-order valence-electron chi connectivity index (χ4n) is 1.24. The van der Waals surface area contributed by atoms with Crippen molar-refractivity contribution in [3.05, 3.63) is 29.3 Å². The zero-order valence-corrected chi connectivity index (χ0v) is 11.0. The second kappa shape index (κ2) is 6.86. The number of hydrogen-bond acceptors (Lipinski definition) is 2. The molecule has 1 aromatic carbocycles. The maximum atomic E-state index is 11.4. The first-order chi connectivity index (χ1) is 8.47. The molecule has 0 fully saturated rings. The second-order valence-corrected chi connectivity index (χ2v) is 4.67. The van der Waals surface area contributed by atoms with E-state index in [0.717, 1.165) is 0 Å². The summed E-state index contributed by atoms with van der Waals surface area (Å²) in [4.78, 5) is 22.7. The highest BCUT2D eigenvalue weighted by Gasteiger charge is 2.06. The van der Waals surface area contributed by atoms with Crippen molar-refractivity contribution in [2.45, 2.75) is 20.3 Å². The third-order valence-corrected chi connectivity index (χ3v) is 2.26. The molecular formula is C12H16ClN3O2. The van der Waals surface area contributed by atoms with Crippen LogP contribution in [0.25, 0.3) is 0 Å². The first-order valence-corrected chi connectivity index (χ1v) is 5.96. The number of carbonyl (C=O) groups excluding carboxylic acids is 2. The van der Waals surface area contributed by atoms with Crippen LogP contribution in [0.2, 0.25) is 5.02 Å². The van der Waals surface area contributed by atoms with Crippen molar-refractivity contribution >= 4 is 29.2 Å². The van der Waals surface area contributed by atoms with Gasteiger partial charge in [0, 0.05) is 17.1 Å². The molecule has 0 radical (unpaired) electrons. The standard InChI is InChI=1S/C12H16ClN3O2/c1-8(2)7-11(17)15-16-12(18)14-10-5-3-9(13)4-6-10/h3-6,8H,7H2,1-2H3,(H,15,17)(H2,14,16,18). The average molecular weight is 270 g/mol. The molecule has 0 saturated carbocycles. The maximum absolute atomic E-state index is 11.4. The highest BCUT2D eigenvalue weighted by atomic mass is 35.5. The molecule has 0 spiro atoms. The van der Waals surface area contributed by atoms with Crippen LogP contribution >= 0.6 is 11.6 Å². The van der Waals surface area contributed by atoms with Gasteiger partial charge in [0.1, 0.15) is 0 Å². The molecule has 98 valence electrons. The van der Waals surface area contributed by atoms with E-state index in [0.29, 0.717) is 17.1 Å². The summed E-state index contributed by atoms with van der Waals surface area (Å²) in [6.07, 6.45) is 0.362. The third kappa shape index (κ3) is 5.54. The van der Waals surface area contributed by atoms with Gasteiger partial charge in [-0.15, -0.1) is 0 Å². The number of benzene rings is 1. The number of rotatable bonds is 3. The lowest BCUT2D eigenvalue weighted by Gasteiger charge is -2.10. The predicted octanol–water partition coefficient (Wildman–Crippen LogP) is 2.54. The van der Waals surface area contributed by atoms with Crippen LogP contribution in [0.4, 0.5) is 10.5 Å². The summed E-state index contributed by atoms with van der Waals surface area (Å²) in [5.41, 5.74) is 5.18. The van der Waals surface area contributed by atoms with E-state index >= 15 is 0 Å². The number of hydrazine groups is 1. The number of nitrogens with one attached hydrogen (secondary N) is 3. The van der Waals surface area contributed by atoms with E-state index in [-0.39, 0.29) is 11.8 Å². The van der Waals surface area contributed by atoms with Crippen molar-refractivity contribution in [1.82, 2.24) is 10.9 Å². The van der Waals surface area contributed by atoms with Gasteiger partial charge in [0.05, 0.1) is 0 Å². The number of hydrogen-bond donors (Lipinski definition) is 3. The van der Waals surface area contributed by atoms with E-state index in [2.05, 4.69) is 16.2 Å². The van der Waals surface area contributed by atoms with Gasteiger partial charge in [0.15, 0.2) is 0 Å². The summed E-state index contributed by atoms with van der Waals surface area (Å²) in [5.74, 6) is 0.0161. The van der Waals surface area contributed by atoms with Crippen LogP contribution in [-0.4, -0.2) is 11.9 Å². The summed E-state index contributed by atoms with van der Waals surface area (Å²) >= 11 is 5.71. The van der Waals surface area contributed by atoms with Crippen LogP contribution in [0.3, 0.4) is 0 Å². The van der Waals surface area contributed by atoms with Gasteiger partial charge in [-0.1, -0.05) is 25.4 Å². The van der Waals surface area contributed by atoms with Crippen LogP contribution < -0.4 is 16.2 Å². The lowest BCUT2D eigenvalue weighted by atomic mass is 10.1. The smallest absolute Gasteiger partial charge is 0.307 e. The summed E-state index contributed by atoms with van der Waals surface area (Å²) in [5, 5.41) is 3.14. The van der Waals surface area contributed by atoms with Crippen molar-refractivity contribution < 1.29 is 9.59 Å². The van der Waals surface area contributed by atoms with Gasteiger partial charge in [0.25, 0.3) is 0 Å². The minimum Gasteiger partial charge on any atom is -0.307 e. The lowest BCUT2D eigenvalue weighted by molar-refractivity contribution is -0.122. The second-order valence-electron chi connectivity index (χ2n) is 4.23. The van der Waals surface area contributed by atoms with Crippen molar-refractivity contribution in [1.29, 1.82) is 0 Å². The molecule has 0 atom stereocenters. The van der Waals surface area contributed by atoms with E-state index in [1.807, 2.05) is 13.8 Å². The van der Waals surface area contributed by atoms with Crippen LogP contribution in [-0.2, 0) is 4.79 Å². The molecule has 0 bridgehead atoms. The molecule has 0 heterocycles. The van der Waals surface area contributed by atoms with E-state index in [1.165, 1.54) is 0 Å². The topological polar surface area (TPSA) is 70.2 Å². The molecule has 0 unspecified atom stereocenters. The molecule has 0 aromatic heterocycles. The zero-order chi connectivity index (χ0) is 13.5. The molecule has 3 amide bonds. The Kier molecular flexibility index (Phi) is 5.45. The first kappa shape index (κ1) is 14.3. The predicted molar refractivity (Wildman–Crippen MR) is 71.2 cm³/mol. The van der Waals surface area contributed by atoms with Gasteiger partial charge >= 0.3 is 6.03 Å². The third-order valence-electron chi connectivity index (χ3n) is 2.01. The highest BCUT2D eigenvalue weighted by Crippen LogP contribution is 2.12. The normalized spacial score (nSPS) is 10.0. The fourth-order valence-corrected chi connectivity index (χ4v) is 1.37. The largest absolute Gasteiger partial charge is 0.337 e. The van der Waals surface area contributed by atoms with Crippen LogP contribution in [0.5, 0.6) is 0 Å². The summed E-state index contributed by atoms with van der Waals surface area (Å²) < 4.78 is 0. The van der Waals surface area contributed by atoms with E-state index < -0.39 is 6.03 Å². The van der Waals surface area contributed by atoms with Crippen molar-refractivity contribution in [3.8, 4) is 0 Å². The Labute approximate surface area is 111 Å². The SMILES string of the molecule is CC(C)CC(=O)NNC(=O)Nc1ccc(Cl)cc1. The first-order valence-electron chi connectivity index (χ1n) is 5.59. The number of carbonyl (C=O) groups is 2. The quantitative estimate of drug-likeness (QED) is 0.738. The Morgan fingerprint density at radius 3 is 2.33 bits per heavy atom. The van der Waals surface area contributed by atoms with Crippen molar-refractivity contribution in [3.63, 3.8) is 0 Å². The number of anilines is 1. The number of amides is 3. The molecule has 3 N–H and O–H groups in total. The fraction of sp³-hybridized carbons (Fsp3) is 0.333. The molecule has 5 nitrogen and oxygen atoms in total. The van der Waals surface area contributed by atoms with Crippen LogP contribution in [0.1, 0.15) is 20.3 Å². The van der Waals surface area contributed by atoms with Crippen molar-refractivity contribution in [2.24, 2.45) is 5.92 Å². The molecule has 0 aliphatic carbocycles. The van der Waals surface area contributed by atoms with Gasteiger partial charge < -0.3 is 5.32 Å². The van der Waals surface area contributed by atoms with E-state index in [1.54, 1.807) is 24.3 Å². The Hall–Kier alpha value is -1.75.